The molecule has 1 aromatic rings. The normalized spacial score (nSPS) is 22.6. The number of nitrogens with zero attached hydrogens (tertiary/aromatic N) is 1. The highest BCUT2D eigenvalue weighted by atomic mass is 79.9. The fraction of sp³-hybridized carbons (Fsp3) is 0.611. The van der Waals surface area contributed by atoms with Crippen LogP contribution in [0.2, 0.25) is 0 Å². The third kappa shape index (κ3) is 2.83. The van der Waals surface area contributed by atoms with Crippen LogP contribution < -0.4 is 0 Å². The third-order valence-electron chi connectivity index (χ3n) is 4.79. The molecule has 4 heteroatoms. The molecule has 0 radical (unpaired) electrons. The van der Waals surface area contributed by atoms with Crippen molar-refractivity contribution in [3.63, 3.8) is 0 Å². The van der Waals surface area contributed by atoms with Gasteiger partial charge in [-0.25, -0.2) is 0 Å². The summed E-state index contributed by atoms with van der Waals surface area (Å²) in [7, 11) is 1.69. The van der Waals surface area contributed by atoms with E-state index in [2.05, 4.69) is 55.8 Å². The van der Waals surface area contributed by atoms with Crippen LogP contribution in [0.5, 0.6) is 0 Å². The maximum Gasteiger partial charge on any atom is 0.232 e. The van der Waals surface area contributed by atoms with E-state index in [4.69, 9.17) is 4.74 Å². The van der Waals surface area contributed by atoms with Crippen LogP contribution in [0.25, 0.3) is 0 Å². The van der Waals surface area contributed by atoms with E-state index in [1.165, 1.54) is 0 Å². The summed E-state index contributed by atoms with van der Waals surface area (Å²) in [6.45, 7) is 9.24. The Labute approximate surface area is 142 Å². The quantitative estimate of drug-likeness (QED) is 0.748. The summed E-state index contributed by atoms with van der Waals surface area (Å²) < 4.78 is 6.76. The first-order chi connectivity index (χ1) is 10.5. The summed E-state index contributed by atoms with van der Waals surface area (Å²) in [5, 5.41) is 0. The number of fused-ring (bicyclic) bond motifs is 1. The average Bonchev–Trinajstić information content (AvgIpc) is 2.51. The van der Waals surface area contributed by atoms with Crippen LogP contribution >= 0.6 is 15.9 Å². The molecule has 1 aliphatic rings. The molecular weight excluding hydrogens is 342 g/mol. The van der Waals surface area contributed by atoms with E-state index >= 15 is 0 Å². The van der Waals surface area contributed by atoms with Gasteiger partial charge in [0.2, 0.25) is 5.91 Å². The van der Waals surface area contributed by atoms with Crippen molar-refractivity contribution >= 4 is 21.8 Å². The highest BCUT2D eigenvalue weighted by Crippen LogP contribution is 2.44. The van der Waals surface area contributed by atoms with Crippen LogP contribution in [0.4, 0.5) is 0 Å². The minimum absolute atomic E-state index is 0.0737. The molecule has 3 unspecified atom stereocenters. The van der Waals surface area contributed by atoms with Gasteiger partial charge in [0.1, 0.15) is 0 Å². The maximum absolute atomic E-state index is 13.1. The summed E-state index contributed by atoms with van der Waals surface area (Å²) in [5.41, 5.74) is 3.46. The zero-order valence-electron chi connectivity index (χ0n) is 14.1. The Morgan fingerprint density at radius 2 is 2.05 bits per heavy atom. The molecule has 0 N–H and O–H groups in total. The molecule has 1 aliphatic heterocycles. The Kier molecular flexibility index (Phi) is 5.67. The van der Waals surface area contributed by atoms with Crippen LogP contribution in [0, 0.1) is 12.8 Å². The predicted octanol–water partition coefficient (Wildman–Crippen LogP) is 4.78. The van der Waals surface area contributed by atoms with Gasteiger partial charge in [0.25, 0.3) is 0 Å². The fourth-order valence-corrected chi connectivity index (χ4v) is 3.77. The van der Waals surface area contributed by atoms with Crippen molar-refractivity contribution in [1.82, 2.24) is 4.90 Å². The van der Waals surface area contributed by atoms with Gasteiger partial charge in [-0.1, -0.05) is 49.2 Å². The number of rotatable bonds is 5. The van der Waals surface area contributed by atoms with Gasteiger partial charge >= 0.3 is 0 Å². The number of carbonyl (C=O) groups excluding carboxylic acids is 1. The van der Waals surface area contributed by atoms with Crippen LogP contribution in [0.15, 0.2) is 16.6 Å². The van der Waals surface area contributed by atoms with Crippen molar-refractivity contribution < 1.29 is 9.53 Å². The smallest absolute Gasteiger partial charge is 0.232 e. The summed E-state index contributed by atoms with van der Waals surface area (Å²) in [6.07, 6.45) is 1.65. The number of benzene rings is 1. The van der Waals surface area contributed by atoms with Crippen LogP contribution in [0.1, 0.15) is 62.4 Å². The van der Waals surface area contributed by atoms with E-state index in [1.54, 1.807) is 7.11 Å². The van der Waals surface area contributed by atoms with E-state index < -0.39 is 0 Å². The minimum atomic E-state index is -0.269. The Morgan fingerprint density at radius 1 is 1.36 bits per heavy atom. The molecule has 0 bridgehead atoms. The Balaban J connectivity index is 2.66. The van der Waals surface area contributed by atoms with Gasteiger partial charge in [-0.3, -0.25) is 4.79 Å². The van der Waals surface area contributed by atoms with Crippen molar-refractivity contribution in [2.45, 2.75) is 52.7 Å². The molecule has 0 spiro atoms. The second-order valence-corrected chi connectivity index (χ2v) is 7.01. The topological polar surface area (TPSA) is 29.5 Å². The number of hydrogen-bond donors (Lipinski definition) is 0. The van der Waals surface area contributed by atoms with Crippen LogP contribution in [0.3, 0.4) is 0 Å². The molecule has 3 atom stereocenters. The number of ether oxygens (including phenoxy) is 1. The third-order valence-corrected chi connectivity index (χ3v) is 5.65. The molecule has 1 amide bonds. The number of methoxy groups -OCH3 is 1. The summed E-state index contributed by atoms with van der Waals surface area (Å²) in [6, 6.07) is 4.17. The minimum Gasteiger partial charge on any atom is -0.357 e. The van der Waals surface area contributed by atoms with Crippen molar-refractivity contribution in [2.75, 3.05) is 13.7 Å². The van der Waals surface area contributed by atoms with Gasteiger partial charge < -0.3 is 9.64 Å². The first kappa shape index (κ1) is 17.5. The SMILES string of the molecule is CCCN1C(=O)C(C(C)CC)c2c(ccc(Br)c2C)C1OC. The fourth-order valence-electron chi connectivity index (χ4n) is 3.42. The lowest BCUT2D eigenvalue weighted by atomic mass is 9.77. The van der Waals surface area contributed by atoms with Crippen molar-refractivity contribution in [3.05, 3.63) is 33.3 Å². The van der Waals surface area contributed by atoms with Crippen molar-refractivity contribution in [1.29, 1.82) is 0 Å². The van der Waals surface area contributed by atoms with E-state index in [-0.39, 0.29) is 18.1 Å². The number of amides is 1. The molecular formula is C18H26BrNO2. The van der Waals surface area contributed by atoms with E-state index in [9.17, 15) is 4.79 Å². The van der Waals surface area contributed by atoms with Gasteiger partial charge in [0, 0.05) is 23.7 Å². The lowest BCUT2D eigenvalue weighted by Gasteiger charge is -2.42. The molecule has 122 valence electrons. The van der Waals surface area contributed by atoms with Crippen molar-refractivity contribution in [2.24, 2.45) is 5.92 Å². The molecule has 1 heterocycles. The predicted molar refractivity (Wildman–Crippen MR) is 92.8 cm³/mol. The molecule has 0 aromatic heterocycles. The van der Waals surface area contributed by atoms with Gasteiger partial charge in [-0.2, -0.15) is 0 Å². The van der Waals surface area contributed by atoms with Crippen molar-refractivity contribution in [3.8, 4) is 0 Å². The molecule has 22 heavy (non-hydrogen) atoms. The highest BCUT2D eigenvalue weighted by Gasteiger charge is 2.42. The highest BCUT2D eigenvalue weighted by molar-refractivity contribution is 9.10. The lowest BCUT2D eigenvalue weighted by Crippen LogP contribution is -2.46. The van der Waals surface area contributed by atoms with Crippen LogP contribution in [-0.2, 0) is 9.53 Å². The Bertz CT molecular complexity index is 558. The first-order valence-corrected chi connectivity index (χ1v) is 8.89. The summed E-state index contributed by atoms with van der Waals surface area (Å²) in [5.74, 6) is 0.448. The lowest BCUT2D eigenvalue weighted by molar-refractivity contribution is -0.150. The van der Waals surface area contributed by atoms with Gasteiger partial charge in [-0.15, -0.1) is 0 Å². The zero-order chi connectivity index (χ0) is 16.4. The largest absolute Gasteiger partial charge is 0.357 e. The second kappa shape index (κ2) is 7.14. The summed E-state index contributed by atoms with van der Waals surface area (Å²) in [4.78, 5) is 15.1. The van der Waals surface area contributed by atoms with Gasteiger partial charge in [-0.05, 0) is 36.5 Å². The Hall–Kier alpha value is -0.870. The number of carbonyl (C=O) groups is 1. The molecule has 0 saturated heterocycles. The van der Waals surface area contributed by atoms with Gasteiger partial charge in [0.15, 0.2) is 6.23 Å². The van der Waals surface area contributed by atoms with E-state index in [0.717, 1.165) is 40.5 Å². The summed E-state index contributed by atoms with van der Waals surface area (Å²) >= 11 is 3.61. The molecule has 0 saturated carbocycles. The Morgan fingerprint density at radius 3 is 2.59 bits per heavy atom. The molecule has 3 nitrogen and oxygen atoms in total. The molecule has 2 rings (SSSR count). The second-order valence-electron chi connectivity index (χ2n) is 6.16. The molecule has 1 aromatic carbocycles. The van der Waals surface area contributed by atoms with Gasteiger partial charge in [0.05, 0.1) is 5.92 Å². The number of halogens is 1. The standard InChI is InChI=1S/C18H26BrNO2/c1-6-10-20-17(21)15(11(3)7-2)16-12(4)14(19)9-8-13(16)18(20)22-5/h8-9,11,15,18H,6-7,10H2,1-5H3. The average molecular weight is 368 g/mol. The van der Waals surface area contributed by atoms with E-state index in [1.807, 2.05) is 4.90 Å². The zero-order valence-corrected chi connectivity index (χ0v) is 15.7. The number of hydrogen-bond acceptors (Lipinski definition) is 2. The maximum atomic E-state index is 13.1. The van der Waals surface area contributed by atoms with Crippen LogP contribution in [-0.4, -0.2) is 24.5 Å². The monoisotopic (exact) mass is 367 g/mol. The molecule has 0 aliphatic carbocycles. The molecule has 0 fully saturated rings. The first-order valence-electron chi connectivity index (χ1n) is 8.09. The van der Waals surface area contributed by atoms with E-state index in [0.29, 0.717) is 5.92 Å².